The summed E-state index contributed by atoms with van der Waals surface area (Å²) < 4.78 is 11.3. The molecule has 1 atom stereocenters. The maximum Gasteiger partial charge on any atom is 0.258 e. The van der Waals surface area contributed by atoms with Crippen LogP contribution in [0, 0.1) is 6.92 Å². The number of likely N-dealkylation sites (tertiary alicyclic amines) is 1. The van der Waals surface area contributed by atoms with E-state index >= 15 is 0 Å². The van der Waals surface area contributed by atoms with Crippen molar-refractivity contribution in [2.45, 2.75) is 25.8 Å². The lowest BCUT2D eigenvalue weighted by Gasteiger charge is -2.27. The number of fused-ring (bicyclic) bond motifs is 1. The zero-order valence-electron chi connectivity index (χ0n) is 13.6. The molecule has 3 heterocycles. The van der Waals surface area contributed by atoms with E-state index in [1.807, 2.05) is 24.0 Å². The Labute approximate surface area is 140 Å². The fourth-order valence-electron chi connectivity index (χ4n) is 3.36. The Morgan fingerprint density at radius 2 is 2.12 bits per heavy atom. The van der Waals surface area contributed by atoms with Gasteiger partial charge >= 0.3 is 0 Å². The summed E-state index contributed by atoms with van der Waals surface area (Å²) in [6.45, 7) is 3.60. The highest BCUT2D eigenvalue weighted by Crippen LogP contribution is 2.38. The molecule has 4 rings (SSSR count). The summed E-state index contributed by atoms with van der Waals surface area (Å²) >= 11 is 0. The number of rotatable bonds is 2. The fourth-order valence-corrected chi connectivity index (χ4v) is 3.36. The molecular formula is C18H19N3O3. The van der Waals surface area contributed by atoms with Crippen molar-refractivity contribution in [1.82, 2.24) is 14.9 Å². The highest BCUT2D eigenvalue weighted by molar-refractivity contribution is 5.98. The van der Waals surface area contributed by atoms with E-state index in [0.29, 0.717) is 36.8 Å². The maximum absolute atomic E-state index is 13.1. The maximum atomic E-state index is 13.1. The normalized spacial score (nSPS) is 19.4. The van der Waals surface area contributed by atoms with Crippen LogP contribution in [0.5, 0.6) is 11.5 Å². The average molecular weight is 325 g/mol. The first-order valence-corrected chi connectivity index (χ1v) is 8.22. The summed E-state index contributed by atoms with van der Waals surface area (Å²) in [5.74, 6) is 1.15. The van der Waals surface area contributed by atoms with Crippen molar-refractivity contribution < 1.29 is 14.3 Å². The number of aromatic nitrogens is 2. The molecule has 1 fully saturated rings. The number of hydrogen-bond donors (Lipinski definition) is 0. The van der Waals surface area contributed by atoms with Gasteiger partial charge in [0, 0.05) is 12.7 Å². The molecule has 1 unspecified atom stereocenters. The Bertz CT molecular complexity index is 778. The van der Waals surface area contributed by atoms with Crippen molar-refractivity contribution in [3.05, 3.63) is 47.5 Å². The first-order chi connectivity index (χ1) is 11.7. The SMILES string of the molecule is Cc1cncc(C2CCCN2C(=O)c2cccc3c2OCCO3)n1. The molecule has 1 aromatic heterocycles. The highest BCUT2D eigenvalue weighted by atomic mass is 16.6. The second kappa shape index (κ2) is 6.11. The third kappa shape index (κ3) is 2.58. The zero-order valence-corrected chi connectivity index (χ0v) is 13.6. The molecule has 1 aromatic carbocycles. The molecule has 2 aromatic rings. The predicted octanol–water partition coefficient (Wildman–Crippen LogP) is 2.53. The van der Waals surface area contributed by atoms with E-state index in [1.165, 1.54) is 0 Å². The van der Waals surface area contributed by atoms with Crippen LogP contribution in [0.1, 0.15) is 40.6 Å². The second-order valence-corrected chi connectivity index (χ2v) is 6.07. The van der Waals surface area contributed by atoms with Gasteiger partial charge in [0.1, 0.15) is 13.2 Å². The Balaban J connectivity index is 1.67. The van der Waals surface area contributed by atoms with Crippen molar-refractivity contribution in [3.63, 3.8) is 0 Å². The van der Waals surface area contributed by atoms with Crippen LogP contribution in [0.4, 0.5) is 0 Å². The molecule has 2 aliphatic rings. The van der Waals surface area contributed by atoms with Gasteiger partial charge in [0.05, 0.1) is 29.2 Å². The molecule has 2 aliphatic heterocycles. The number of amides is 1. The van der Waals surface area contributed by atoms with Crippen molar-refractivity contribution in [1.29, 1.82) is 0 Å². The number of carbonyl (C=O) groups excluding carboxylic acids is 1. The van der Waals surface area contributed by atoms with E-state index in [0.717, 1.165) is 24.2 Å². The van der Waals surface area contributed by atoms with Crippen molar-refractivity contribution >= 4 is 5.91 Å². The van der Waals surface area contributed by atoms with E-state index in [9.17, 15) is 4.79 Å². The number of nitrogens with zero attached hydrogens (tertiary/aromatic N) is 3. The molecule has 0 N–H and O–H groups in total. The van der Waals surface area contributed by atoms with E-state index in [4.69, 9.17) is 9.47 Å². The summed E-state index contributed by atoms with van der Waals surface area (Å²) in [7, 11) is 0. The largest absolute Gasteiger partial charge is 0.486 e. The Morgan fingerprint density at radius 1 is 1.25 bits per heavy atom. The monoisotopic (exact) mass is 325 g/mol. The van der Waals surface area contributed by atoms with Crippen LogP contribution in [-0.2, 0) is 0 Å². The summed E-state index contributed by atoms with van der Waals surface area (Å²) in [4.78, 5) is 23.8. The molecular weight excluding hydrogens is 306 g/mol. The first-order valence-electron chi connectivity index (χ1n) is 8.22. The Kier molecular flexibility index (Phi) is 3.80. The van der Waals surface area contributed by atoms with Crippen LogP contribution in [0.2, 0.25) is 0 Å². The molecule has 6 nitrogen and oxygen atoms in total. The lowest BCUT2D eigenvalue weighted by atomic mass is 10.1. The summed E-state index contributed by atoms with van der Waals surface area (Å²) in [5, 5.41) is 0. The Morgan fingerprint density at radius 3 is 3.00 bits per heavy atom. The van der Waals surface area contributed by atoms with Gasteiger partial charge in [-0.1, -0.05) is 6.07 Å². The molecule has 0 radical (unpaired) electrons. The van der Waals surface area contributed by atoms with Crippen LogP contribution >= 0.6 is 0 Å². The van der Waals surface area contributed by atoms with Crippen molar-refractivity contribution in [2.75, 3.05) is 19.8 Å². The molecule has 0 aliphatic carbocycles. The average Bonchev–Trinajstić information content (AvgIpc) is 3.10. The van der Waals surface area contributed by atoms with Crippen LogP contribution < -0.4 is 9.47 Å². The third-order valence-corrected chi connectivity index (χ3v) is 4.43. The predicted molar refractivity (Wildman–Crippen MR) is 87.2 cm³/mol. The van der Waals surface area contributed by atoms with Gasteiger partial charge in [0.2, 0.25) is 0 Å². The molecule has 0 saturated carbocycles. The number of para-hydroxylation sites is 1. The summed E-state index contributed by atoms with van der Waals surface area (Å²) in [5.41, 5.74) is 2.27. The first kappa shape index (κ1) is 14.9. The number of ether oxygens (including phenoxy) is 2. The van der Waals surface area contributed by atoms with E-state index < -0.39 is 0 Å². The van der Waals surface area contributed by atoms with Gasteiger partial charge in [0.25, 0.3) is 5.91 Å². The molecule has 124 valence electrons. The topological polar surface area (TPSA) is 64.6 Å². The van der Waals surface area contributed by atoms with Gasteiger partial charge in [-0.25, -0.2) is 0 Å². The molecule has 1 amide bonds. The minimum atomic E-state index is -0.0387. The smallest absolute Gasteiger partial charge is 0.258 e. The van der Waals surface area contributed by atoms with Crippen LogP contribution in [0.3, 0.4) is 0 Å². The van der Waals surface area contributed by atoms with Gasteiger partial charge in [-0.2, -0.15) is 0 Å². The molecule has 6 heteroatoms. The third-order valence-electron chi connectivity index (χ3n) is 4.43. The fraction of sp³-hybridized carbons (Fsp3) is 0.389. The van der Waals surface area contributed by atoms with Gasteiger partial charge < -0.3 is 14.4 Å². The number of benzene rings is 1. The van der Waals surface area contributed by atoms with Gasteiger partial charge in [0.15, 0.2) is 11.5 Å². The minimum absolute atomic E-state index is 0.0368. The number of aryl methyl sites for hydroxylation is 1. The standard InChI is InChI=1S/C18H19N3O3/c1-12-10-19-11-14(20-12)15-5-3-7-21(15)18(22)13-4-2-6-16-17(13)24-9-8-23-16/h2,4,6,10-11,15H,3,5,7-9H2,1H3. The molecule has 0 spiro atoms. The summed E-state index contributed by atoms with van der Waals surface area (Å²) in [6, 6.07) is 5.43. The van der Waals surface area contributed by atoms with E-state index in [2.05, 4.69) is 9.97 Å². The van der Waals surface area contributed by atoms with Crippen molar-refractivity contribution in [3.8, 4) is 11.5 Å². The van der Waals surface area contributed by atoms with E-state index in [-0.39, 0.29) is 11.9 Å². The van der Waals surface area contributed by atoms with Gasteiger partial charge in [-0.05, 0) is 31.9 Å². The van der Waals surface area contributed by atoms with Crippen molar-refractivity contribution in [2.24, 2.45) is 0 Å². The van der Waals surface area contributed by atoms with Crippen LogP contribution in [0.15, 0.2) is 30.6 Å². The molecule has 1 saturated heterocycles. The number of carbonyl (C=O) groups is 1. The highest BCUT2D eigenvalue weighted by Gasteiger charge is 2.34. The van der Waals surface area contributed by atoms with Crippen LogP contribution in [0.25, 0.3) is 0 Å². The lowest BCUT2D eigenvalue weighted by molar-refractivity contribution is 0.0722. The minimum Gasteiger partial charge on any atom is -0.486 e. The quantitative estimate of drug-likeness (QED) is 0.849. The molecule has 0 bridgehead atoms. The number of hydrogen-bond acceptors (Lipinski definition) is 5. The zero-order chi connectivity index (χ0) is 16.5. The summed E-state index contributed by atoms with van der Waals surface area (Å²) in [6.07, 6.45) is 5.33. The van der Waals surface area contributed by atoms with Crippen LogP contribution in [-0.4, -0.2) is 40.5 Å². The van der Waals surface area contributed by atoms with E-state index in [1.54, 1.807) is 18.5 Å². The van der Waals surface area contributed by atoms with Gasteiger partial charge in [-0.3, -0.25) is 14.8 Å². The van der Waals surface area contributed by atoms with Gasteiger partial charge in [-0.15, -0.1) is 0 Å². The lowest BCUT2D eigenvalue weighted by Crippen LogP contribution is -2.32. The Hall–Kier alpha value is -2.63. The molecule has 24 heavy (non-hydrogen) atoms. The second-order valence-electron chi connectivity index (χ2n) is 6.07.